The summed E-state index contributed by atoms with van der Waals surface area (Å²) >= 11 is 0. The molecule has 6 heteroatoms. The molecule has 6 nitrogen and oxygen atoms in total. The van der Waals surface area contributed by atoms with Crippen LogP contribution in [0.15, 0.2) is 11.3 Å². The van der Waals surface area contributed by atoms with E-state index in [1.54, 1.807) is 0 Å². The van der Waals surface area contributed by atoms with E-state index in [4.69, 9.17) is 4.74 Å². The maximum Gasteiger partial charge on any atom is 0.340 e. The van der Waals surface area contributed by atoms with Crippen molar-refractivity contribution in [1.29, 1.82) is 0 Å². The third kappa shape index (κ3) is 1.12. The smallest absolute Gasteiger partial charge is 0.340 e. The fraction of sp³-hybridized carbons (Fsp3) is 0.625. The number of aliphatic hydroxyl groups excluding tert-OH is 2. The van der Waals surface area contributed by atoms with E-state index in [1.165, 1.54) is 0 Å². The highest BCUT2D eigenvalue weighted by Gasteiger charge is 2.58. The molecule has 4 unspecified atom stereocenters. The Hall–Kier alpha value is -1.11. The second-order valence-corrected chi connectivity index (χ2v) is 3.22. The van der Waals surface area contributed by atoms with Gasteiger partial charge in [0.1, 0.15) is 29.6 Å². The molecule has 14 heavy (non-hydrogen) atoms. The molecule has 2 N–H and O–H groups in total. The minimum absolute atomic E-state index is 0.164. The van der Waals surface area contributed by atoms with E-state index in [2.05, 4.69) is 4.74 Å². The molecule has 0 spiro atoms. The second kappa shape index (κ2) is 2.94. The minimum atomic E-state index is -1.73. The Morgan fingerprint density at radius 2 is 2.21 bits per heavy atom. The molecule has 0 amide bonds. The minimum Gasteiger partial charge on any atom is -0.509 e. The van der Waals surface area contributed by atoms with Crippen molar-refractivity contribution in [3.05, 3.63) is 11.3 Å². The van der Waals surface area contributed by atoms with Gasteiger partial charge in [0.2, 0.25) is 0 Å². The monoisotopic (exact) mass is 201 g/mol. The van der Waals surface area contributed by atoms with Crippen LogP contribution in [0.2, 0.25) is 0 Å². The molecule has 0 aromatic carbocycles. The number of fused-ring (bicyclic) bond motifs is 1. The van der Waals surface area contributed by atoms with E-state index >= 15 is 0 Å². The summed E-state index contributed by atoms with van der Waals surface area (Å²) in [5, 5.41) is 29.8. The van der Waals surface area contributed by atoms with Crippen LogP contribution in [0.25, 0.3) is 0 Å². The summed E-state index contributed by atoms with van der Waals surface area (Å²) in [7, 11) is 1.14. The Morgan fingerprint density at radius 3 is 2.79 bits per heavy atom. The van der Waals surface area contributed by atoms with Crippen LogP contribution in [-0.4, -0.2) is 47.7 Å². The molecule has 2 aliphatic rings. The number of carbonyl (C=O) groups excluding carboxylic acids is 1. The average Bonchev–Trinajstić information content (AvgIpc) is 2.94. The molecule has 1 aliphatic carbocycles. The molecular formula is C8H9O6. The Balaban J connectivity index is 2.34. The molecule has 1 fully saturated rings. The van der Waals surface area contributed by atoms with E-state index < -0.39 is 36.1 Å². The average molecular weight is 201 g/mol. The predicted octanol–water partition coefficient (Wildman–Crippen LogP) is -1.09. The first-order valence-electron chi connectivity index (χ1n) is 4.08. The standard InChI is InChI=1S/C8H9O6/c1-13-8(12)2-3(9)4(10)5(11)7-6(2)14-7/h4-7,9,11H,1H3. The van der Waals surface area contributed by atoms with Gasteiger partial charge in [0.25, 0.3) is 0 Å². The van der Waals surface area contributed by atoms with Gasteiger partial charge in [0.05, 0.1) is 7.11 Å². The molecule has 1 heterocycles. The lowest BCUT2D eigenvalue weighted by molar-refractivity contribution is -0.137. The zero-order valence-electron chi connectivity index (χ0n) is 7.34. The maximum atomic E-state index is 11.2. The Labute approximate surface area is 79.4 Å². The zero-order valence-corrected chi connectivity index (χ0v) is 7.34. The van der Waals surface area contributed by atoms with Crippen molar-refractivity contribution in [2.75, 3.05) is 7.11 Å². The van der Waals surface area contributed by atoms with Gasteiger partial charge in [-0.2, -0.15) is 0 Å². The zero-order chi connectivity index (χ0) is 10.5. The number of hydrogen-bond acceptors (Lipinski definition) is 5. The van der Waals surface area contributed by atoms with Gasteiger partial charge >= 0.3 is 5.97 Å². The van der Waals surface area contributed by atoms with Gasteiger partial charge in [-0.3, -0.25) is 0 Å². The van der Waals surface area contributed by atoms with Crippen LogP contribution in [0.1, 0.15) is 0 Å². The third-order valence-corrected chi connectivity index (χ3v) is 2.41. The fourth-order valence-electron chi connectivity index (χ4n) is 1.58. The second-order valence-electron chi connectivity index (χ2n) is 3.22. The summed E-state index contributed by atoms with van der Waals surface area (Å²) in [6.07, 6.45) is -4.40. The lowest BCUT2D eigenvalue weighted by atomic mass is 9.93. The summed E-state index contributed by atoms with van der Waals surface area (Å²) in [6, 6.07) is 0. The van der Waals surface area contributed by atoms with Crippen LogP contribution in [-0.2, 0) is 19.4 Å². The van der Waals surface area contributed by atoms with Crippen molar-refractivity contribution in [2.24, 2.45) is 0 Å². The van der Waals surface area contributed by atoms with Crippen molar-refractivity contribution < 1.29 is 29.6 Å². The topological polar surface area (TPSA) is 99.2 Å². The van der Waals surface area contributed by atoms with Gasteiger partial charge < -0.3 is 19.7 Å². The quantitative estimate of drug-likeness (QED) is 0.415. The number of carbonyl (C=O) groups is 1. The van der Waals surface area contributed by atoms with Crippen LogP contribution in [0.5, 0.6) is 0 Å². The van der Waals surface area contributed by atoms with Gasteiger partial charge in [0, 0.05) is 0 Å². The van der Waals surface area contributed by atoms with Crippen LogP contribution in [0.3, 0.4) is 0 Å². The lowest BCUT2D eigenvalue weighted by Crippen LogP contribution is -2.39. The number of epoxide rings is 1. The summed E-state index contributed by atoms with van der Waals surface area (Å²) < 4.78 is 9.28. The highest BCUT2D eigenvalue weighted by molar-refractivity contribution is 5.91. The Morgan fingerprint density at radius 1 is 1.57 bits per heavy atom. The van der Waals surface area contributed by atoms with E-state index in [-0.39, 0.29) is 5.57 Å². The summed E-state index contributed by atoms with van der Waals surface area (Å²) in [6.45, 7) is 0. The van der Waals surface area contributed by atoms with Gasteiger partial charge in [0.15, 0.2) is 6.10 Å². The predicted molar refractivity (Wildman–Crippen MR) is 40.8 cm³/mol. The van der Waals surface area contributed by atoms with Crippen molar-refractivity contribution >= 4 is 5.97 Å². The maximum absolute atomic E-state index is 11.2. The van der Waals surface area contributed by atoms with Crippen LogP contribution in [0.4, 0.5) is 0 Å². The molecule has 0 aromatic rings. The third-order valence-electron chi connectivity index (χ3n) is 2.41. The largest absolute Gasteiger partial charge is 0.509 e. The van der Waals surface area contributed by atoms with E-state index in [0.717, 1.165) is 7.11 Å². The van der Waals surface area contributed by atoms with E-state index in [9.17, 15) is 20.1 Å². The number of ether oxygens (including phenoxy) is 2. The number of esters is 1. The molecule has 1 saturated heterocycles. The van der Waals surface area contributed by atoms with Gasteiger partial charge in [-0.25, -0.2) is 9.90 Å². The highest BCUT2D eigenvalue weighted by atomic mass is 16.6. The van der Waals surface area contributed by atoms with Crippen LogP contribution >= 0.6 is 0 Å². The SMILES string of the molecule is COC(=O)C1=C(O)C([O])C(O)C2OC12. The van der Waals surface area contributed by atoms with Gasteiger partial charge in [-0.15, -0.1) is 0 Å². The summed E-state index contributed by atoms with van der Waals surface area (Å²) in [5.41, 5.74) is -0.164. The van der Waals surface area contributed by atoms with Crippen LogP contribution < -0.4 is 0 Å². The van der Waals surface area contributed by atoms with Gasteiger partial charge in [-0.1, -0.05) is 0 Å². The van der Waals surface area contributed by atoms with Crippen molar-refractivity contribution in [3.8, 4) is 0 Å². The Bertz CT molecular complexity index is 309. The number of hydrogen-bond donors (Lipinski definition) is 2. The number of methoxy groups -OCH3 is 1. The van der Waals surface area contributed by atoms with Crippen LogP contribution in [0, 0.1) is 0 Å². The molecule has 0 saturated carbocycles. The highest BCUT2D eigenvalue weighted by Crippen LogP contribution is 2.40. The number of rotatable bonds is 1. The van der Waals surface area contributed by atoms with Crippen molar-refractivity contribution in [3.63, 3.8) is 0 Å². The molecule has 77 valence electrons. The molecule has 2 rings (SSSR count). The molecule has 0 aromatic heterocycles. The normalized spacial score (nSPS) is 40.5. The molecular weight excluding hydrogens is 192 g/mol. The fourth-order valence-corrected chi connectivity index (χ4v) is 1.58. The number of aliphatic hydroxyl groups is 2. The lowest BCUT2D eigenvalue weighted by Gasteiger charge is -2.19. The van der Waals surface area contributed by atoms with E-state index in [1.807, 2.05) is 0 Å². The van der Waals surface area contributed by atoms with Gasteiger partial charge in [-0.05, 0) is 0 Å². The van der Waals surface area contributed by atoms with E-state index in [0.29, 0.717) is 0 Å². The summed E-state index contributed by atoms with van der Waals surface area (Å²) in [4.78, 5) is 11.1. The molecule has 1 aliphatic heterocycles. The molecule has 4 atom stereocenters. The van der Waals surface area contributed by atoms with Crippen molar-refractivity contribution in [2.45, 2.75) is 24.4 Å². The summed E-state index contributed by atoms with van der Waals surface area (Å²) in [5.74, 6) is -1.47. The molecule has 1 radical (unpaired) electrons. The first-order chi connectivity index (χ1) is 6.57. The first-order valence-corrected chi connectivity index (χ1v) is 4.08. The Kier molecular flexibility index (Phi) is 1.99. The van der Waals surface area contributed by atoms with Crippen molar-refractivity contribution in [1.82, 2.24) is 0 Å². The molecule has 0 bridgehead atoms. The first kappa shape index (κ1) is 9.45.